The number of rotatable bonds is 8. The van der Waals surface area contributed by atoms with Gasteiger partial charge in [-0.05, 0) is 56.4 Å². The first-order valence-corrected chi connectivity index (χ1v) is 13.2. The van der Waals surface area contributed by atoms with Gasteiger partial charge in [-0.15, -0.1) is 0 Å². The Morgan fingerprint density at radius 2 is 1.89 bits per heavy atom. The van der Waals surface area contributed by atoms with Gasteiger partial charge in [0.05, 0.1) is 16.8 Å². The highest BCUT2D eigenvalue weighted by atomic mass is 19.1. The van der Waals surface area contributed by atoms with E-state index in [1.54, 1.807) is 16.8 Å². The molecular weight excluding hydrogens is 457 g/mol. The zero-order valence-electron chi connectivity index (χ0n) is 21.9. The van der Waals surface area contributed by atoms with Crippen LogP contribution in [0.2, 0.25) is 0 Å². The Balaban J connectivity index is 1.68. The van der Waals surface area contributed by atoms with Crippen LogP contribution < -0.4 is 10.2 Å². The molecule has 36 heavy (non-hydrogen) atoms. The molecule has 0 atom stereocenters. The highest BCUT2D eigenvalue weighted by Gasteiger charge is 2.25. The molecule has 0 aliphatic carbocycles. The Kier molecular flexibility index (Phi) is 8.38. The second-order valence-corrected chi connectivity index (χ2v) is 9.98. The van der Waals surface area contributed by atoms with E-state index in [9.17, 15) is 9.18 Å². The van der Waals surface area contributed by atoms with Crippen molar-refractivity contribution < 1.29 is 9.18 Å². The zero-order valence-corrected chi connectivity index (χ0v) is 21.9. The summed E-state index contributed by atoms with van der Waals surface area (Å²) < 4.78 is 15.4. The standard InChI is InChI=1S/C27H38FN7O/c1-5-6-14-29-27(36)34-16-7-15-33(17-18-34)25-24-20(4)32-35(22-11-9-21(28)10-12-22)26(24)31-23(30-25)13-8-19(2)3/h9-12,19H,5-8,13-18H2,1-4H3,(H,29,36). The lowest BCUT2D eigenvalue weighted by molar-refractivity contribution is 0.201. The lowest BCUT2D eigenvalue weighted by Crippen LogP contribution is -2.42. The Morgan fingerprint density at radius 3 is 2.61 bits per heavy atom. The van der Waals surface area contributed by atoms with Crippen LogP contribution >= 0.6 is 0 Å². The number of halogens is 1. The number of carbonyl (C=O) groups is 1. The number of urea groups is 1. The van der Waals surface area contributed by atoms with E-state index in [1.165, 1.54) is 12.1 Å². The van der Waals surface area contributed by atoms with Gasteiger partial charge in [-0.3, -0.25) is 0 Å². The Morgan fingerprint density at radius 1 is 1.11 bits per heavy atom. The predicted molar refractivity (Wildman–Crippen MR) is 141 cm³/mol. The normalized spacial score (nSPS) is 14.5. The quantitative estimate of drug-likeness (QED) is 0.451. The lowest BCUT2D eigenvalue weighted by atomic mass is 10.1. The number of aromatic nitrogens is 4. The molecule has 1 aromatic carbocycles. The zero-order chi connectivity index (χ0) is 25.7. The average Bonchev–Trinajstić information content (AvgIpc) is 3.03. The number of benzene rings is 1. The summed E-state index contributed by atoms with van der Waals surface area (Å²) in [6.07, 6.45) is 4.66. The van der Waals surface area contributed by atoms with E-state index in [4.69, 9.17) is 15.1 Å². The number of nitrogens with zero attached hydrogens (tertiary/aromatic N) is 6. The van der Waals surface area contributed by atoms with Crippen molar-refractivity contribution in [1.82, 2.24) is 30.0 Å². The second kappa shape index (κ2) is 11.7. The first kappa shape index (κ1) is 25.9. The smallest absolute Gasteiger partial charge is 0.317 e. The summed E-state index contributed by atoms with van der Waals surface area (Å²) in [7, 11) is 0. The van der Waals surface area contributed by atoms with E-state index in [0.717, 1.165) is 79.3 Å². The molecule has 1 fully saturated rings. The fourth-order valence-corrected chi connectivity index (χ4v) is 4.54. The number of aryl methyl sites for hydroxylation is 2. The summed E-state index contributed by atoms with van der Waals surface area (Å²) in [5.41, 5.74) is 2.33. The molecule has 0 radical (unpaired) electrons. The molecule has 194 valence electrons. The number of nitrogens with one attached hydrogen (secondary N) is 1. The van der Waals surface area contributed by atoms with Crippen molar-refractivity contribution in [1.29, 1.82) is 0 Å². The minimum atomic E-state index is -0.285. The van der Waals surface area contributed by atoms with Crippen molar-refractivity contribution in [3.8, 4) is 5.69 Å². The van der Waals surface area contributed by atoms with E-state index in [0.29, 0.717) is 25.6 Å². The number of amides is 2. The van der Waals surface area contributed by atoms with Gasteiger partial charge < -0.3 is 15.1 Å². The van der Waals surface area contributed by atoms with Crippen LogP contribution in [0.5, 0.6) is 0 Å². The minimum Gasteiger partial charge on any atom is -0.354 e. The third kappa shape index (κ3) is 5.94. The second-order valence-electron chi connectivity index (χ2n) is 9.98. The van der Waals surface area contributed by atoms with Crippen molar-refractivity contribution >= 4 is 22.9 Å². The van der Waals surface area contributed by atoms with Gasteiger partial charge in [-0.1, -0.05) is 27.2 Å². The number of unbranched alkanes of at least 4 members (excludes halogenated alkanes) is 1. The van der Waals surface area contributed by atoms with Crippen LogP contribution in [0.15, 0.2) is 24.3 Å². The van der Waals surface area contributed by atoms with Crippen molar-refractivity contribution in [3.63, 3.8) is 0 Å². The minimum absolute atomic E-state index is 0.0102. The van der Waals surface area contributed by atoms with E-state index in [2.05, 4.69) is 31.0 Å². The van der Waals surface area contributed by atoms with Gasteiger partial charge in [-0.2, -0.15) is 5.10 Å². The number of carbonyl (C=O) groups excluding carboxylic acids is 1. The molecule has 0 saturated carbocycles. The van der Waals surface area contributed by atoms with Gasteiger partial charge in [0.2, 0.25) is 0 Å². The van der Waals surface area contributed by atoms with E-state index in [-0.39, 0.29) is 11.8 Å². The van der Waals surface area contributed by atoms with Crippen LogP contribution in [0.1, 0.15) is 58.0 Å². The molecule has 1 aliphatic heterocycles. The van der Waals surface area contributed by atoms with Crippen molar-refractivity contribution in [2.75, 3.05) is 37.6 Å². The molecule has 0 bridgehead atoms. The largest absolute Gasteiger partial charge is 0.354 e. The monoisotopic (exact) mass is 495 g/mol. The predicted octanol–water partition coefficient (Wildman–Crippen LogP) is 4.87. The van der Waals surface area contributed by atoms with Gasteiger partial charge in [0.15, 0.2) is 5.65 Å². The molecule has 3 heterocycles. The molecule has 8 nitrogen and oxygen atoms in total. The average molecular weight is 496 g/mol. The summed E-state index contributed by atoms with van der Waals surface area (Å²) >= 11 is 0. The van der Waals surface area contributed by atoms with Gasteiger partial charge in [0, 0.05) is 39.1 Å². The highest BCUT2D eigenvalue weighted by Crippen LogP contribution is 2.30. The number of hydrogen-bond donors (Lipinski definition) is 1. The SMILES string of the molecule is CCCCNC(=O)N1CCCN(c2nc(CCC(C)C)nc3c2c(C)nn3-c2ccc(F)cc2)CC1. The molecule has 2 amide bonds. The molecule has 3 aromatic rings. The highest BCUT2D eigenvalue weighted by molar-refractivity contribution is 5.91. The van der Waals surface area contributed by atoms with Gasteiger partial charge in [0.1, 0.15) is 17.5 Å². The maximum absolute atomic E-state index is 13.6. The molecule has 9 heteroatoms. The summed E-state index contributed by atoms with van der Waals surface area (Å²) in [5, 5.41) is 8.73. The molecule has 2 aromatic heterocycles. The molecule has 1 saturated heterocycles. The number of anilines is 1. The Bertz CT molecular complexity index is 1180. The van der Waals surface area contributed by atoms with Crippen LogP contribution in [0.3, 0.4) is 0 Å². The van der Waals surface area contributed by atoms with Crippen molar-refractivity contribution in [3.05, 3.63) is 41.6 Å². The number of fused-ring (bicyclic) bond motifs is 1. The van der Waals surface area contributed by atoms with Gasteiger partial charge in [-0.25, -0.2) is 23.8 Å². The lowest BCUT2D eigenvalue weighted by Gasteiger charge is -2.24. The maximum Gasteiger partial charge on any atom is 0.317 e. The van der Waals surface area contributed by atoms with Crippen LogP contribution in [-0.2, 0) is 6.42 Å². The Hall–Kier alpha value is -3.23. The fraction of sp³-hybridized carbons (Fsp3) is 0.556. The molecule has 0 spiro atoms. The topological polar surface area (TPSA) is 79.2 Å². The molecule has 4 rings (SSSR count). The molecule has 0 unspecified atom stereocenters. The van der Waals surface area contributed by atoms with E-state index < -0.39 is 0 Å². The van der Waals surface area contributed by atoms with Crippen LogP contribution in [0.25, 0.3) is 16.7 Å². The molecule has 1 aliphatic rings. The third-order valence-corrected chi connectivity index (χ3v) is 6.64. The van der Waals surface area contributed by atoms with Crippen molar-refractivity contribution in [2.45, 2.75) is 59.8 Å². The van der Waals surface area contributed by atoms with Gasteiger partial charge >= 0.3 is 6.03 Å². The molecule has 1 N–H and O–H groups in total. The summed E-state index contributed by atoms with van der Waals surface area (Å²) in [4.78, 5) is 26.8. The van der Waals surface area contributed by atoms with E-state index in [1.807, 2.05) is 11.8 Å². The first-order chi connectivity index (χ1) is 17.4. The van der Waals surface area contributed by atoms with Crippen LogP contribution in [0.4, 0.5) is 15.0 Å². The van der Waals surface area contributed by atoms with Crippen LogP contribution in [0, 0.1) is 18.7 Å². The van der Waals surface area contributed by atoms with Crippen LogP contribution in [-0.4, -0.2) is 63.4 Å². The molecular formula is C27H38FN7O. The van der Waals surface area contributed by atoms with E-state index >= 15 is 0 Å². The fourth-order valence-electron chi connectivity index (χ4n) is 4.54. The summed E-state index contributed by atoms with van der Waals surface area (Å²) in [6, 6.07) is 6.33. The Labute approximate surface area is 212 Å². The number of hydrogen-bond acceptors (Lipinski definition) is 5. The van der Waals surface area contributed by atoms with Crippen molar-refractivity contribution in [2.24, 2.45) is 5.92 Å². The maximum atomic E-state index is 13.6. The summed E-state index contributed by atoms with van der Waals surface area (Å²) in [6.45, 7) is 12.0. The summed E-state index contributed by atoms with van der Waals surface area (Å²) in [5.74, 6) is 1.91. The van der Waals surface area contributed by atoms with Gasteiger partial charge in [0.25, 0.3) is 0 Å². The third-order valence-electron chi connectivity index (χ3n) is 6.64. The first-order valence-electron chi connectivity index (χ1n) is 13.2.